The third-order valence-electron chi connectivity index (χ3n) is 6.37. The first-order valence-electron chi connectivity index (χ1n) is 12.0. The zero-order chi connectivity index (χ0) is 23.8. The lowest BCUT2D eigenvalue weighted by atomic mass is 10.00. The summed E-state index contributed by atoms with van der Waals surface area (Å²) in [6, 6.07) is 27.1. The molecule has 1 aliphatic heterocycles. The number of carbonyl (C=O) groups is 1. The Hall–Kier alpha value is -3.15. The molecule has 2 atom stereocenters. The van der Waals surface area contributed by atoms with Crippen LogP contribution in [0.3, 0.4) is 0 Å². The SMILES string of the molecule is Cc1cc(OC(CCc2ccccc2)c2ccccc2)ccc1C1CN(CCC(=O)O)CCO1. The van der Waals surface area contributed by atoms with E-state index in [1.54, 1.807) is 0 Å². The monoisotopic (exact) mass is 459 g/mol. The molecule has 0 saturated carbocycles. The summed E-state index contributed by atoms with van der Waals surface area (Å²) in [6.45, 7) is 4.72. The zero-order valence-corrected chi connectivity index (χ0v) is 19.7. The number of ether oxygens (including phenoxy) is 2. The van der Waals surface area contributed by atoms with Crippen molar-refractivity contribution in [2.45, 2.75) is 38.4 Å². The van der Waals surface area contributed by atoms with E-state index in [0.29, 0.717) is 19.7 Å². The summed E-state index contributed by atoms with van der Waals surface area (Å²) in [7, 11) is 0. The molecule has 0 radical (unpaired) electrons. The van der Waals surface area contributed by atoms with Crippen LogP contribution in [0.25, 0.3) is 0 Å². The van der Waals surface area contributed by atoms with Crippen LogP contribution in [0.5, 0.6) is 5.75 Å². The van der Waals surface area contributed by atoms with E-state index in [1.165, 1.54) is 11.1 Å². The normalized spacial score (nSPS) is 17.3. The third-order valence-corrected chi connectivity index (χ3v) is 6.37. The molecule has 3 aromatic rings. The van der Waals surface area contributed by atoms with Crippen molar-refractivity contribution in [1.82, 2.24) is 4.90 Å². The number of carboxylic acid groups (broad SMARTS) is 1. The van der Waals surface area contributed by atoms with E-state index in [2.05, 4.69) is 72.5 Å². The zero-order valence-electron chi connectivity index (χ0n) is 19.7. The van der Waals surface area contributed by atoms with Gasteiger partial charge in [0.15, 0.2) is 0 Å². The number of hydrogen-bond acceptors (Lipinski definition) is 4. The summed E-state index contributed by atoms with van der Waals surface area (Å²) in [5.41, 5.74) is 4.73. The summed E-state index contributed by atoms with van der Waals surface area (Å²) in [4.78, 5) is 13.1. The predicted molar refractivity (Wildman–Crippen MR) is 133 cm³/mol. The van der Waals surface area contributed by atoms with Crippen LogP contribution >= 0.6 is 0 Å². The van der Waals surface area contributed by atoms with Crippen LogP contribution in [-0.2, 0) is 16.0 Å². The largest absolute Gasteiger partial charge is 0.486 e. The maximum absolute atomic E-state index is 10.9. The van der Waals surface area contributed by atoms with Crippen LogP contribution in [0, 0.1) is 6.92 Å². The van der Waals surface area contributed by atoms with Gasteiger partial charge in [0.25, 0.3) is 0 Å². The van der Waals surface area contributed by atoms with Crippen molar-refractivity contribution < 1.29 is 19.4 Å². The summed E-state index contributed by atoms with van der Waals surface area (Å²) in [6.07, 6.45) is 1.89. The maximum Gasteiger partial charge on any atom is 0.304 e. The number of rotatable bonds is 10. The highest BCUT2D eigenvalue weighted by Crippen LogP contribution is 2.31. The maximum atomic E-state index is 10.9. The lowest BCUT2D eigenvalue weighted by Crippen LogP contribution is -2.39. The summed E-state index contributed by atoms with van der Waals surface area (Å²) >= 11 is 0. The molecular weight excluding hydrogens is 426 g/mol. The van der Waals surface area contributed by atoms with E-state index < -0.39 is 5.97 Å². The summed E-state index contributed by atoms with van der Waals surface area (Å²) < 4.78 is 12.5. The van der Waals surface area contributed by atoms with E-state index >= 15 is 0 Å². The van der Waals surface area contributed by atoms with Gasteiger partial charge in [-0.2, -0.15) is 0 Å². The molecule has 3 aromatic carbocycles. The second-order valence-electron chi connectivity index (χ2n) is 8.86. The van der Waals surface area contributed by atoms with Crippen molar-refractivity contribution in [2.24, 2.45) is 0 Å². The fourth-order valence-corrected chi connectivity index (χ4v) is 4.50. The van der Waals surface area contributed by atoms with Crippen LogP contribution in [0.15, 0.2) is 78.9 Å². The van der Waals surface area contributed by atoms with Crippen LogP contribution in [-0.4, -0.2) is 42.2 Å². The van der Waals surface area contributed by atoms with Gasteiger partial charge in [-0.05, 0) is 54.2 Å². The highest BCUT2D eigenvalue weighted by molar-refractivity contribution is 5.66. The second kappa shape index (κ2) is 11.8. The van der Waals surface area contributed by atoms with Crippen LogP contribution in [0.2, 0.25) is 0 Å². The van der Waals surface area contributed by atoms with Gasteiger partial charge in [-0.15, -0.1) is 0 Å². The van der Waals surface area contributed by atoms with Crippen molar-refractivity contribution in [1.29, 1.82) is 0 Å². The number of aryl methyl sites for hydroxylation is 2. The molecule has 1 heterocycles. The van der Waals surface area contributed by atoms with E-state index in [0.717, 1.165) is 36.3 Å². The van der Waals surface area contributed by atoms with Gasteiger partial charge in [0.05, 0.1) is 19.1 Å². The van der Waals surface area contributed by atoms with Gasteiger partial charge in [-0.3, -0.25) is 9.69 Å². The lowest BCUT2D eigenvalue weighted by Gasteiger charge is -2.33. The first-order valence-corrected chi connectivity index (χ1v) is 12.0. The highest BCUT2D eigenvalue weighted by Gasteiger charge is 2.24. The summed E-state index contributed by atoms with van der Waals surface area (Å²) in [5.74, 6) is 0.0858. The number of morpholine rings is 1. The Kier molecular flexibility index (Phi) is 8.34. The molecule has 0 aliphatic carbocycles. The summed E-state index contributed by atoms with van der Waals surface area (Å²) in [5, 5.41) is 8.99. The Morgan fingerprint density at radius 3 is 2.53 bits per heavy atom. The molecule has 0 bridgehead atoms. The first kappa shape index (κ1) is 24.0. The van der Waals surface area contributed by atoms with E-state index in [9.17, 15) is 4.79 Å². The molecule has 4 rings (SSSR count). The van der Waals surface area contributed by atoms with Gasteiger partial charge in [0.1, 0.15) is 11.9 Å². The predicted octanol–water partition coefficient (Wildman–Crippen LogP) is 5.60. The van der Waals surface area contributed by atoms with Gasteiger partial charge >= 0.3 is 5.97 Å². The standard InChI is InChI=1S/C29H33NO4/c1-22-20-25(13-14-26(22)28-21-30(18-19-33-28)17-16-29(31)32)34-27(24-10-6-3-7-11-24)15-12-23-8-4-2-5-9-23/h2-11,13-14,20,27-28H,12,15-19,21H2,1H3,(H,31,32). The van der Waals surface area contributed by atoms with Crippen molar-refractivity contribution in [3.05, 3.63) is 101 Å². The number of aliphatic carboxylic acids is 1. The molecule has 1 N–H and O–H groups in total. The minimum absolute atomic E-state index is 0.0379. The lowest BCUT2D eigenvalue weighted by molar-refractivity contribution is -0.137. The fourth-order valence-electron chi connectivity index (χ4n) is 4.50. The molecule has 5 heteroatoms. The highest BCUT2D eigenvalue weighted by atomic mass is 16.5. The molecular formula is C29H33NO4. The van der Waals surface area contributed by atoms with Gasteiger partial charge < -0.3 is 14.6 Å². The Bertz CT molecular complexity index is 1050. The van der Waals surface area contributed by atoms with E-state index in [1.807, 2.05) is 18.2 Å². The Morgan fingerprint density at radius 2 is 1.82 bits per heavy atom. The van der Waals surface area contributed by atoms with Gasteiger partial charge in [-0.1, -0.05) is 66.7 Å². The quantitative estimate of drug-likeness (QED) is 0.428. The molecule has 2 unspecified atom stereocenters. The smallest absolute Gasteiger partial charge is 0.304 e. The average Bonchev–Trinajstić information content (AvgIpc) is 2.86. The van der Waals surface area contributed by atoms with Crippen molar-refractivity contribution in [2.75, 3.05) is 26.2 Å². The Labute approximate surface area is 201 Å². The number of benzene rings is 3. The van der Waals surface area contributed by atoms with Crippen LogP contribution < -0.4 is 4.74 Å². The van der Waals surface area contributed by atoms with Gasteiger partial charge in [0, 0.05) is 19.6 Å². The van der Waals surface area contributed by atoms with Gasteiger partial charge in [0.2, 0.25) is 0 Å². The third kappa shape index (κ3) is 6.69. The number of nitrogens with zero attached hydrogens (tertiary/aromatic N) is 1. The number of hydrogen-bond donors (Lipinski definition) is 1. The molecule has 5 nitrogen and oxygen atoms in total. The molecule has 0 amide bonds. The molecule has 178 valence electrons. The Balaban J connectivity index is 1.45. The van der Waals surface area contributed by atoms with Crippen LogP contribution in [0.4, 0.5) is 0 Å². The molecule has 1 fully saturated rings. The average molecular weight is 460 g/mol. The molecule has 0 spiro atoms. The molecule has 1 saturated heterocycles. The fraction of sp³-hybridized carbons (Fsp3) is 0.345. The minimum Gasteiger partial charge on any atom is -0.486 e. The second-order valence-corrected chi connectivity index (χ2v) is 8.86. The molecule has 0 aromatic heterocycles. The minimum atomic E-state index is -0.763. The van der Waals surface area contributed by atoms with Gasteiger partial charge in [-0.25, -0.2) is 0 Å². The van der Waals surface area contributed by atoms with E-state index in [4.69, 9.17) is 14.6 Å². The first-order chi connectivity index (χ1) is 16.6. The Morgan fingerprint density at radius 1 is 1.09 bits per heavy atom. The molecule has 34 heavy (non-hydrogen) atoms. The molecule has 1 aliphatic rings. The van der Waals surface area contributed by atoms with Crippen molar-refractivity contribution in [3.63, 3.8) is 0 Å². The van der Waals surface area contributed by atoms with Crippen molar-refractivity contribution >= 4 is 5.97 Å². The van der Waals surface area contributed by atoms with E-state index in [-0.39, 0.29) is 18.6 Å². The van der Waals surface area contributed by atoms with Crippen LogP contribution in [0.1, 0.15) is 47.3 Å². The van der Waals surface area contributed by atoms with Crippen molar-refractivity contribution in [3.8, 4) is 5.75 Å². The topological polar surface area (TPSA) is 59.0 Å². The number of carboxylic acids is 1.